The molecule has 0 spiro atoms. The fraction of sp³-hybridized carbons (Fsp3) is 0.357. The third-order valence-corrected chi connectivity index (χ3v) is 2.55. The minimum atomic E-state index is 0.678. The zero-order valence-corrected chi connectivity index (χ0v) is 11.1. The number of nitrogens with zero attached hydrogens (tertiary/aromatic N) is 3. The molecule has 2 heterocycles. The Morgan fingerprint density at radius 2 is 2.00 bits per heavy atom. The number of nitrogens with one attached hydrogen (secondary N) is 1. The van der Waals surface area contributed by atoms with Crippen molar-refractivity contribution in [1.82, 2.24) is 15.0 Å². The smallest absolute Gasteiger partial charge is 0.180 e. The van der Waals surface area contributed by atoms with Gasteiger partial charge in [-0.25, -0.2) is 9.97 Å². The molecule has 0 aliphatic rings. The van der Waals surface area contributed by atoms with Crippen molar-refractivity contribution < 1.29 is 0 Å². The predicted molar refractivity (Wildman–Crippen MR) is 73.5 cm³/mol. The van der Waals surface area contributed by atoms with E-state index in [0.717, 1.165) is 35.7 Å². The summed E-state index contributed by atoms with van der Waals surface area (Å²) in [6.07, 6.45) is 2.86. The second-order valence-electron chi connectivity index (χ2n) is 4.36. The number of hydrogen-bond donors (Lipinski definition) is 1. The van der Waals surface area contributed by atoms with Crippen molar-refractivity contribution in [3.8, 4) is 11.5 Å². The van der Waals surface area contributed by atoms with Crippen LogP contribution in [0.3, 0.4) is 0 Å². The maximum Gasteiger partial charge on any atom is 0.180 e. The minimum absolute atomic E-state index is 0.678. The zero-order valence-electron chi connectivity index (χ0n) is 11.1. The van der Waals surface area contributed by atoms with Crippen molar-refractivity contribution in [2.24, 2.45) is 0 Å². The molecular formula is C14H18N4. The minimum Gasteiger partial charge on any atom is -0.370 e. The van der Waals surface area contributed by atoms with Crippen LogP contribution in [0.4, 0.5) is 5.82 Å². The molecule has 0 aliphatic heterocycles. The Bertz CT molecular complexity index is 537. The van der Waals surface area contributed by atoms with Crippen molar-refractivity contribution in [2.75, 3.05) is 11.9 Å². The average molecular weight is 242 g/mol. The lowest BCUT2D eigenvalue weighted by Gasteiger charge is -2.07. The van der Waals surface area contributed by atoms with Crippen LogP contribution < -0.4 is 5.32 Å². The molecule has 0 unspecified atom stereocenters. The summed E-state index contributed by atoms with van der Waals surface area (Å²) in [4.78, 5) is 13.3. The second-order valence-corrected chi connectivity index (χ2v) is 4.36. The number of pyridine rings is 1. The number of aromatic nitrogens is 3. The maximum atomic E-state index is 4.50. The van der Waals surface area contributed by atoms with E-state index in [0.29, 0.717) is 5.82 Å². The zero-order chi connectivity index (χ0) is 13.0. The molecule has 1 N–H and O–H groups in total. The molecule has 0 fully saturated rings. The van der Waals surface area contributed by atoms with Gasteiger partial charge < -0.3 is 5.32 Å². The average Bonchev–Trinajstić information content (AvgIpc) is 2.36. The molecule has 4 heteroatoms. The summed E-state index contributed by atoms with van der Waals surface area (Å²) in [5.41, 5.74) is 2.92. The highest BCUT2D eigenvalue weighted by atomic mass is 15.0. The van der Waals surface area contributed by atoms with Gasteiger partial charge in [0, 0.05) is 24.5 Å². The summed E-state index contributed by atoms with van der Waals surface area (Å²) in [6, 6.07) is 5.92. The molecule has 0 atom stereocenters. The lowest BCUT2D eigenvalue weighted by molar-refractivity contribution is 0.961. The van der Waals surface area contributed by atoms with E-state index >= 15 is 0 Å². The van der Waals surface area contributed by atoms with Crippen LogP contribution in [0.15, 0.2) is 24.4 Å². The topological polar surface area (TPSA) is 50.7 Å². The number of anilines is 1. The fourth-order valence-electron chi connectivity index (χ4n) is 1.69. The Hall–Kier alpha value is -1.97. The number of hydrogen-bond acceptors (Lipinski definition) is 4. The van der Waals surface area contributed by atoms with E-state index in [1.807, 2.05) is 32.0 Å². The van der Waals surface area contributed by atoms with Gasteiger partial charge in [-0.05, 0) is 38.0 Å². The molecule has 2 rings (SSSR count). The first-order chi connectivity index (χ1) is 8.69. The molecule has 0 radical (unpaired) electrons. The Labute approximate surface area is 108 Å². The third kappa shape index (κ3) is 3.03. The molecule has 0 saturated carbocycles. The lowest BCUT2D eigenvalue weighted by Crippen LogP contribution is -2.04. The van der Waals surface area contributed by atoms with Crippen LogP contribution in [-0.2, 0) is 0 Å². The maximum absolute atomic E-state index is 4.50. The molecule has 94 valence electrons. The number of aryl methyl sites for hydroxylation is 2. The van der Waals surface area contributed by atoms with E-state index in [1.165, 1.54) is 0 Å². The Morgan fingerprint density at radius 3 is 2.72 bits per heavy atom. The SMILES string of the molecule is CCCNc1cc(C)nc(-c2cc(C)ccn2)n1. The highest BCUT2D eigenvalue weighted by molar-refractivity contribution is 5.53. The summed E-state index contributed by atoms with van der Waals surface area (Å²) >= 11 is 0. The first kappa shape index (κ1) is 12.5. The molecule has 0 aliphatic carbocycles. The van der Waals surface area contributed by atoms with Crippen molar-refractivity contribution in [1.29, 1.82) is 0 Å². The summed E-state index contributed by atoms with van der Waals surface area (Å²) in [5.74, 6) is 1.54. The summed E-state index contributed by atoms with van der Waals surface area (Å²) in [6.45, 7) is 7.05. The highest BCUT2D eigenvalue weighted by Gasteiger charge is 2.06. The van der Waals surface area contributed by atoms with Crippen LogP contribution in [0.5, 0.6) is 0 Å². The standard InChI is InChI=1S/C14H18N4/c1-4-6-16-13-9-11(3)17-14(18-13)12-8-10(2)5-7-15-12/h5,7-9H,4,6H2,1-3H3,(H,16,17,18). The largest absolute Gasteiger partial charge is 0.370 e. The highest BCUT2D eigenvalue weighted by Crippen LogP contribution is 2.16. The van der Waals surface area contributed by atoms with E-state index in [-0.39, 0.29) is 0 Å². The van der Waals surface area contributed by atoms with Crippen LogP contribution in [0.2, 0.25) is 0 Å². The van der Waals surface area contributed by atoms with Crippen LogP contribution >= 0.6 is 0 Å². The first-order valence-electron chi connectivity index (χ1n) is 6.21. The fourth-order valence-corrected chi connectivity index (χ4v) is 1.69. The molecule has 2 aromatic rings. The summed E-state index contributed by atoms with van der Waals surface area (Å²) in [5, 5.41) is 3.28. The van der Waals surface area contributed by atoms with E-state index in [9.17, 15) is 0 Å². The second kappa shape index (κ2) is 5.58. The molecule has 18 heavy (non-hydrogen) atoms. The van der Waals surface area contributed by atoms with Gasteiger partial charge in [0.15, 0.2) is 5.82 Å². The van der Waals surface area contributed by atoms with Gasteiger partial charge in [-0.2, -0.15) is 0 Å². The van der Waals surface area contributed by atoms with Crippen LogP contribution in [0.1, 0.15) is 24.6 Å². The van der Waals surface area contributed by atoms with E-state index in [4.69, 9.17) is 0 Å². The quantitative estimate of drug-likeness (QED) is 0.895. The van der Waals surface area contributed by atoms with Crippen molar-refractivity contribution >= 4 is 5.82 Å². The van der Waals surface area contributed by atoms with Gasteiger partial charge in [-0.3, -0.25) is 4.98 Å². The molecular weight excluding hydrogens is 224 g/mol. The van der Waals surface area contributed by atoms with Gasteiger partial charge in [0.05, 0.1) is 0 Å². The van der Waals surface area contributed by atoms with Gasteiger partial charge in [0.25, 0.3) is 0 Å². The Balaban J connectivity index is 2.35. The van der Waals surface area contributed by atoms with E-state index in [1.54, 1.807) is 6.20 Å². The molecule has 0 saturated heterocycles. The van der Waals surface area contributed by atoms with E-state index < -0.39 is 0 Å². The van der Waals surface area contributed by atoms with Crippen LogP contribution in [-0.4, -0.2) is 21.5 Å². The summed E-state index contributed by atoms with van der Waals surface area (Å²) < 4.78 is 0. The van der Waals surface area contributed by atoms with Crippen molar-refractivity contribution in [3.05, 3.63) is 35.7 Å². The monoisotopic (exact) mass is 242 g/mol. The number of rotatable bonds is 4. The van der Waals surface area contributed by atoms with Gasteiger partial charge in [-0.1, -0.05) is 6.92 Å². The van der Waals surface area contributed by atoms with Gasteiger partial charge in [0.1, 0.15) is 11.5 Å². The van der Waals surface area contributed by atoms with Gasteiger partial charge in [0.2, 0.25) is 0 Å². The van der Waals surface area contributed by atoms with Crippen molar-refractivity contribution in [3.63, 3.8) is 0 Å². The lowest BCUT2D eigenvalue weighted by atomic mass is 10.2. The molecule has 0 amide bonds. The third-order valence-electron chi connectivity index (χ3n) is 2.55. The van der Waals surface area contributed by atoms with Crippen LogP contribution in [0, 0.1) is 13.8 Å². The van der Waals surface area contributed by atoms with Crippen molar-refractivity contribution in [2.45, 2.75) is 27.2 Å². The molecule has 2 aromatic heterocycles. The predicted octanol–water partition coefficient (Wildman–Crippen LogP) is 2.98. The van der Waals surface area contributed by atoms with E-state index in [2.05, 4.69) is 27.2 Å². The molecule has 0 aromatic carbocycles. The molecule has 4 nitrogen and oxygen atoms in total. The van der Waals surface area contributed by atoms with Gasteiger partial charge >= 0.3 is 0 Å². The first-order valence-corrected chi connectivity index (χ1v) is 6.21. The summed E-state index contributed by atoms with van der Waals surface area (Å²) in [7, 11) is 0. The molecule has 0 bridgehead atoms. The van der Waals surface area contributed by atoms with Gasteiger partial charge in [-0.15, -0.1) is 0 Å². The Morgan fingerprint density at radius 1 is 1.17 bits per heavy atom. The van der Waals surface area contributed by atoms with Crippen LogP contribution in [0.25, 0.3) is 11.5 Å². The Kier molecular flexibility index (Phi) is 3.87. The normalized spacial score (nSPS) is 10.4.